The van der Waals surface area contributed by atoms with E-state index in [1.54, 1.807) is 0 Å². The van der Waals surface area contributed by atoms with Crippen molar-refractivity contribution in [2.45, 2.75) is 0 Å². The fourth-order valence-electron chi connectivity index (χ4n) is 0. The molecule has 0 aliphatic carbocycles. The van der Waals surface area contributed by atoms with Crippen molar-refractivity contribution in [1.82, 2.24) is 0 Å². The molecule has 0 aromatic carbocycles. The van der Waals surface area contributed by atoms with Crippen LogP contribution in [0.25, 0.3) is 0 Å². The molecule has 8 radical (unpaired) electrons. The molecule has 0 aliphatic heterocycles. The largest absolute Gasteiger partial charge is 0 e. The van der Waals surface area contributed by atoms with Gasteiger partial charge in [-0.15, -0.1) is 0 Å². The summed E-state index contributed by atoms with van der Waals surface area (Å²) in [7, 11) is 0. The molecule has 0 aromatic rings. The summed E-state index contributed by atoms with van der Waals surface area (Å²) < 4.78 is 0. The molecule has 4 heteroatoms. The van der Waals surface area contributed by atoms with E-state index in [2.05, 4.69) is 0 Å². The van der Waals surface area contributed by atoms with Gasteiger partial charge in [-0.1, -0.05) is 0 Å². The maximum absolute atomic E-state index is 0. The van der Waals surface area contributed by atoms with Crippen LogP contribution in [0.15, 0.2) is 0 Å². The number of hydrogen-bond acceptors (Lipinski definition) is 0. The van der Waals surface area contributed by atoms with Crippen molar-refractivity contribution < 1.29 is 19.5 Å². The van der Waals surface area contributed by atoms with Crippen LogP contribution in [0, 0.1) is 0 Å². The van der Waals surface area contributed by atoms with Crippen molar-refractivity contribution >= 4 is 72.5 Å². The average molecular weight is 159 g/mol. The molecule has 0 saturated heterocycles. The Kier molecular flexibility index (Phi) is 118. The van der Waals surface area contributed by atoms with Crippen LogP contribution in [0.5, 0.6) is 0 Å². The molecule has 0 aliphatic rings. The Balaban J connectivity index is 0. The summed E-state index contributed by atoms with van der Waals surface area (Å²) in [6, 6.07) is 0. The van der Waals surface area contributed by atoms with Crippen molar-refractivity contribution in [3.05, 3.63) is 0 Å². The topological polar surface area (TPSA) is 0 Å². The molecule has 0 aromatic heterocycles. The summed E-state index contributed by atoms with van der Waals surface area (Å²) in [4.78, 5) is 0. The van der Waals surface area contributed by atoms with Crippen molar-refractivity contribution in [1.29, 1.82) is 0 Å². The van der Waals surface area contributed by atoms with Crippen LogP contribution in [-0.4, -0.2) is 72.5 Å². The van der Waals surface area contributed by atoms with Gasteiger partial charge in [-0.2, -0.15) is 0 Å². The molecule has 0 nitrogen and oxygen atoms in total. The van der Waals surface area contributed by atoms with E-state index in [9.17, 15) is 0 Å². The molecule has 0 spiro atoms. The maximum atomic E-state index is 0. The van der Waals surface area contributed by atoms with Gasteiger partial charge in [-0.05, 0) is 0 Å². The summed E-state index contributed by atoms with van der Waals surface area (Å²) in [5, 5.41) is 0. The zero-order valence-electron chi connectivity index (χ0n) is 2.57. The van der Waals surface area contributed by atoms with E-state index in [4.69, 9.17) is 0 Å². The second-order valence-electron chi connectivity index (χ2n) is 0. The SMILES string of the molecule is [Al].[Al].[Ca].[Zn]. The van der Waals surface area contributed by atoms with Crippen LogP contribution in [0.2, 0.25) is 0 Å². The van der Waals surface area contributed by atoms with E-state index < -0.39 is 0 Å². The Morgan fingerprint density at radius 3 is 0.750 bits per heavy atom. The van der Waals surface area contributed by atoms with E-state index in [-0.39, 0.29) is 91.9 Å². The van der Waals surface area contributed by atoms with E-state index in [0.717, 1.165) is 0 Å². The van der Waals surface area contributed by atoms with Gasteiger partial charge in [-0.25, -0.2) is 0 Å². The summed E-state index contributed by atoms with van der Waals surface area (Å²) in [6.45, 7) is 0. The molecule has 0 heterocycles. The molecule has 4 heavy (non-hydrogen) atoms. The molecular formula is Al2CaZn. The van der Waals surface area contributed by atoms with Crippen LogP contribution in [0.3, 0.4) is 0 Å². The molecule has 0 fully saturated rings. The first-order valence-electron chi connectivity index (χ1n) is 0. The predicted molar refractivity (Wildman–Crippen MR) is 17.3 cm³/mol. The van der Waals surface area contributed by atoms with E-state index in [1.165, 1.54) is 0 Å². The third kappa shape index (κ3) is 8.87. The molecule has 10 valence electrons. The third-order valence-electron chi connectivity index (χ3n) is 0. The number of hydrogen-bond donors (Lipinski definition) is 0. The Morgan fingerprint density at radius 1 is 0.750 bits per heavy atom. The second-order valence-corrected chi connectivity index (χ2v) is 0. The summed E-state index contributed by atoms with van der Waals surface area (Å²) >= 11 is 0. The van der Waals surface area contributed by atoms with Crippen molar-refractivity contribution in [2.24, 2.45) is 0 Å². The van der Waals surface area contributed by atoms with Crippen LogP contribution >= 0.6 is 0 Å². The molecule has 0 saturated carbocycles. The molecule has 0 N–H and O–H groups in total. The monoisotopic (exact) mass is 158 g/mol. The Bertz CT molecular complexity index is 6.00. The van der Waals surface area contributed by atoms with Gasteiger partial charge < -0.3 is 0 Å². The first-order chi connectivity index (χ1) is 0. The predicted octanol–water partition coefficient (Wildman–Crippen LogP) is -1.14. The van der Waals surface area contributed by atoms with Crippen LogP contribution in [0.4, 0.5) is 0 Å². The standard InChI is InChI=1S/2Al.Ca.Zn. The Morgan fingerprint density at radius 2 is 0.750 bits per heavy atom. The summed E-state index contributed by atoms with van der Waals surface area (Å²) in [5.41, 5.74) is 0. The molecule has 0 amide bonds. The van der Waals surface area contributed by atoms with Crippen LogP contribution < -0.4 is 0 Å². The van der Waals surface area contributed by atoms with Crippen molar-refractivity contribution in [2.75, 3.05) is 0 Å². The van der Waals surface area contributed by atoms with Gasteiger partial charge in [0.1, 0.15) is 0 Å². The first kappa shape index (κ1) is 28.3. The van der Waals surface area contributed by atoms with Crippen LogP contribution in [-0.2, 0) is 19.5 Å². The van der Waals surface area contributed by atoms with Crippen molar-refractivity contribution in [3.63, 3.8) is 0 Å². The van der Waals surface area contributed by atoms with E-state index >= 15 is 0 Å². The fraction of sp³-hybridized carbons (Fsp3) is 0. The fourth-order valence-corrected chi connectivity index (χ4v) is 0. The smallest absolute Gasteiger partial charge is 0 e. The van der Waals surface area contributed by atoms with Gasteiger partial charge in [0.25, 0.3) is 0 Å². The zero-order valence-corrected chi connectivity index (χ0v) is 10.1. The van der Waals surface area contributed by atoms with E-state index in [1.807, 2.05) is 0 Å². The number of rotatable bonds is 0. The summed E-state index contributed by atoms with van der Waals surface area (Å²) in [5.74, 6) is 0. The first-order valence-corrected chi connectivity index (χ1v) is 0. The van der Waals surface area contributed by atoms with Gasteiger partial charge in [0.15, 0.2) is 0 Å². The average Bonchev–Trinajstić information content (AvgIpc) is 0. The third-order valence-corrected chi connectivity index (χ3v) is 0. The quantitative estimate of drug-likeness (QED) is 0.392. The van der Waals surface area contributed by atoms with Gasteiger partial charge >= 0.3 is 0 Å². The van der Waals surface area contributed by atoms with E-state index in [0.29, 0.717) is 0 Å². The normalized spacial score (nSPS) is 0. The minimum Gasteiger partial charge on any atom is 0 e. The maximum Gasteiger partial charge on any atom is 0 e. The van der Waals surface area contributed by atoms with Crippen LogP contribution in [0.1, 0.15) is 0 Å². The van der Waals surface area contributed by atoms with Gasteiger partial charge in [-0.3, -0.25) is 0 Å². The Labute approximate surface area is 90.1 Å². The van der Waals surface area contributed by atoms with Gasteiger partial charge in [0.2, 0.25) is 0 Å². The molecule has 0 rings (SSSR count). The molecule has 0 bridgehead atoms. The Hall–Kier alpha value is 2.95. The summed E-state index contributed by atoms with van der Waals surface area (Å²) in [6.07, 6.45) is 0. The minimum atomic E-state index is 0. The second kappa shape index (κ2) is 16.8. The molecular weight excluding hydrogens is 159 g/mol. The van der Waals surface area contributed by atoms with Crippen molar-refractivity contribution in [3.8, 4) is 0 Å². The minimum absolute atomic E-state index is 0. The zero-order chi connectivity index (χ0) is 0. The molecule has 0 unspecified atom stereocenters. The van der Waals surface area contributed by atoms with Gasteiger partial charge in [0, 0.05) is 91.9 Å². The van der Waals surface area contributed by atoms with Gasteiger partial charge in [0.05, 0.1) is 0 Å². The molecule has 0 atom stereocenters.